The number of hydrogen-bond acceptors (Lipinski definition) is 9. The van der Waals surface area contributed by atoms with Crippen LogP contribution in [0.5, 0.6) is 0 Å². The Morgan fingerprint density at radius 3 is 2.75 bits per heavy atom. The molecular formula is C35H40FN5O7. The van der Waals surface area contributed by atoms with Crippen molar-refractivity contribution in [2.45, 2.75) is 96.9 Å². The summed E-state index contributed by atoms with van der Waals surface area (Å²) < 4.78 is 27.9. The Morgan fingerprint density at radius 2 is 2.00 bits per heavy atom. The van der Waals surface area contributed by atoms with Crippen molar-refractivity contribution in [2.75, 3.05) is 19.7 Å². The molecule has 1 aliphatic carbocycles. The van der Waals surface area contributed by atoms with E-state index in [-0.39, 0.29) is 61.7 Å². The second-order valence-corrected chi connectivity index (χ2v) is 13.5. The second kappa shape index (κ2) is 12.0. The first-order chi connectivity index (χ1) is 22.9. The fourth-order valence-corrected chi connectivity index (χ4v) is 7.69. The Kier molecular flexibility index (Phi) is 8.12. The highest BCUT2D eigenvalue weighted by atomic mass is 19.1. The summed E-state index contributed by atoms with van der Waals surface area (Å²) in [5.74, 6) is -1.63. The van der Waals surface area contributed by atoms with Crippen molar-refractivity contribution in [3.05, 3.63) is 61.7 Å². The van der Waals surface area contributed by atoms with Crippen molar-refractivity contribution in [1.82, 2.24) is 25.1 Å². The van der Waals surface area contributed by atoms with E-state index in [1.54, 1.807) is 29.4 Å². The Balaban J connectivity index is 1.23. The van der Waals surface area contributed by atoms with Gasteiger partial charge in [-0.15, -0.1) is 0 Å². The Morgan fingerprint density at radius 1 is 1.21 bits per heavy atom. The highest BCUT2D eigenvalue weighted by Crippen LogP contribution is 2.46. The molecule has 5 heterocycles. The molecule has 254 valence electrons. The molecule has 0 radical (unpaired) electrons. The van der Waals surface area contributed by atoms with Crippen molar-refractivity contribution >= 4 is 28.7 Å². The molecular weight excluding hydrogens is 621 g/mol. The van der Waals surface area contributed by atoms with Crippen LogP contribution in [0.25, 0.3) is 22.3 Å². The number of aromatic nitrogens is 2. The predicted molar refractivity (Wildman–Crippen MR) is 172 cm³/mol. The summed E-state index contributed by atoms with van der Waals surface area (Å²) in [6.07, 6.45) is 1.95. The number of rotatable bonds is 8. The number of cyclic esters (lactones) is 1. The van der Waals surface area contributed by atoms with Gasteiger partial charge >= 0.3 is 5.97 Å². The first kappa shape index (κ1) is 32.4. The minimum absolute atomic E-state index is 0.0105. The number of carbonyl (C=O) groups is 3. The number of nitrogens with zero attached hydrogens (tertiary/aromatic N) is 3. The summed E-state index contributed by atoms with van der Waals surface area (Å²) in [4.78, 5) is 59.2. The van der Waals surface area contributed by atoms with E-state index in [1.165, 1.54) is 6.07 Å². The largest absolute Gasteiger partial charge is 0.458 e. The van der Waals surface area contributed by atoms with Crippen LogP contribution in [0, 0.1) is 12.7 Å². The van der Waals surface area contributed by atoms with Crippen molar-refractivity contribution < 1.29 is 33.4 Å². The molecule has 7 rings (SSSR count). The number of likely N-dealkylation sites (tertiary alicyclic amines) is 1. The number of benzene rings is 1. The number of halogens is 1. The first-order valence-corrected chi connectivity index (χ1v) is 16.7. The van der Waals surface area contributed by atoms with Crippen LogP contribution in [0.2, 0.25) is 0 Å². The molecule has 0 saturated carbocycles. The fourth-order valence-electron chi connectivity index (χ4n) is 7.69. The molecule has 1 fully saturated rings. The Bertz CT molecular complexity index is 1940. The summed E-state index contributed by atoms with van der Waals surface area (Å²) >= 11 is 0. The van der Waals surface area contributed by atoms with Crippen LogP contribution < -0.4 is 16.2 Å². The number of fused-ring (bicyclic) bond motifs is 5. The summed E-state index contributed by atoms with van der Waals surface area (Å²) in [6, 6.07) is 2.69. The summed E-state index contributed by atoms with van der Waals surface area (Å²) in [5, 5.41) is 18.3. The zero-order valence-electron chi connectivity index (χ0n) is 27.6. The van der Waals surface area contributed by atoms with Crippen LogP contribution in [-0.2, 0) is 49.0 Å². The average Bonchev–Trinajstić information content (AvgIpc) is 3.69. The molecule has 3 atom stereocenters. The van der Waals surface area contributed by atoms with Gasteiger partial charge in [0.05, 0.1) is 41.6 Å². The number of nitrogens with one attached hydrogen (secondary N) is 2. The average molecular weight is 662 g/mol. The minimum atomic E-state index is -1.98. The molecule has 4 aliphatic rings. The van der Waals surface area contributed by atoms with Crippen LogP contribution in [0.1, 0.15) is 85.9 Å². The van der Waals surface area contributed by atoms with Crippen molar-refractivity contribution in [1.29, 1.82) is 0 Å². The van der Waals surface area contributed by atoms with E-state index >= 15 is 4.39 Å². The number of esters is 1. The molecule has 13 heteroatoms. The van der Waals surface area contributed by atoms with Gasteiger partial charge in [-0.05, 0) is 61.8 Å². The quantitative estimate of drug-likeness (QED) is 0.242. The molecule has 12 nitrogen and oxygen atoms in total. The van der Waals surface area contributed by atoms with Crippen LogP contribution in [0.4, 0.5) is 4.39 Å². The van der Waals surface area contributed by atoms with Gasteiger partial charge in [-0.2, -0.15) is 0 Å². The topological polar surface area (TPSA) is 152 Å². The standard InChI is InChI=1S/C35H40FN5O7/c1-5-35(46)22-11-26-32-20(14-41(26)33(44)21(22)15-48-34(35)45)31-24(9-8-19-18(4)23(36)12-25(39-32)30(19)31)38-27(42)16-47-29-7-6-10-40(29)28(43)13-37-17(2)3/h11-12,17,24,29,37,46H,5-10,13-16H2,1-4H3,(H,38,42)/t24-,29?,35-/m0/s1. The lowest BCUT2D eigenvalue weighted by atomic mass is 9.81. The Labute approximate surface area is 276 Å². The van der Waals surface area contributed by atoms with Gasteiger partial charge in [-0.1, -0.05) is 20.8 Å². The molecule has 2 amide bonds. The third-order valence-electron chi connectivity index (χ3n) is 10.3. The molecule has 0 bridgehead atoms. The molecule has 1 unspecified atom stereocenters. The van der Waals surface area contributed by atoms with E-state index in [9.17, 15) is 24.3 Å². The van der Waals surface area contributed by atoms with Crippen LogP contribution in [-0.4, -0.2) is 69.3 Å². The van der Waals surface area contributed by atoms with Crippen molar-refractivity contribution in [3.8, 4) is 11.4 Å². The highest BCUT2D eigenvalue weighted by Gasteiger charge is 2.46. The lowest BCUT2D eigenvalue weighted by molar-refractivity contribution is -0.172. The van der Waals surface area contributed by atoms with Crippen LogP contribution in [0.15, 0.2) is 16.9 Å². The number of ether oxygens (including phenoxy) is 2. The maximum Gasteiger partial charge on any atom is 0.343 e. The molecule has 48 heavy (non-hydrogen) atoms. The normalized spacial score (nSPS) is 22.5. The molecule has 3 aliphatic heterocycles. The van der Waals surface area contributed by atoms with Crippen molar-refractivity contribution in [3.63, 3.8) is 0 Å². The lowest BCUT2D eigenvalue weighted by Crippen LogP contribution is -2.44. The molecule has 2 aromatic heterocycles. The summed E-state index contributed by atoms with van der Waals surface area (Å²) in [5.41, 5.74) is 2.09. The Hall–Kier alpha value is -4.20. The van der Waals surface area contributed by atoms with Gasteiger partial charge < -0.3 is 34.7 Å². The van der Waals surface area contributed by atoms with Gasteiger partial charge in [0.2, 0.25) is 11.8 Å². The van der Waals surface area contributed by atoms with E-state index in [2.05, 4.69) is 10.6 Å². The van der Waals surface area contributed by atoms with Gasteiger partial charge in [-0.25, -0.2) is 14.2 Å². The number of aryl methyl sites for hydroxylation is 1. The van der Waals surface area contributed by atoms with E-state index in [1.807, 2.05) is 13.8 Å². The van der Waals surface area contributed by atoms with Crippen molar-refractivity contribution in [2.24, 2.45) is 0 Å². The van der Waals surface area contributed by atoms with Crippen LogP contribution >= 0.6 is 0 Å². The second-order valence-electron chi connectivity index (χ2n) is 13.5. The summed E-state index contributed by atoms with van der Waals surface area (Å²) in [7, 11) is 0. The fraction of sp³-hybridized carbons (Fsp3) is 0.514. The summed E-state index contributed by atoms with van der Waals surface area (Å²) in [6.45, 7) is 7.73. The molecule has 0 spiro atoms. The van der Waals surface area contributed by atoms with E-state index in [0.717, 1.165) is 28.5 Å². The van der Waals surface area contributed by atoms with Gasteiger partial charge in [0.25, 0.3) is 5.56 Å². The lowest BCUT2D eigenvalue weighted by Gasteiger charge is -2.31. The van der Waals surface area contributed by atoms with Gasteiger partial charge in [0.15, 0.2) is 5.60 Å². The maximum absolute atomic E-state index is 15.2. The monoisotopic (exact) mass is 661 g/mol. The first-order valence-electron chi connectivity index (χ1n) is 16.7. The minimum Gasteiger partial charge on any atom is -0.458 e. The van der Waals surface area contributed by atoms with Gasteiger partial charge in [0, 0.05) is 35.2 Å². The zero-order valence-corrected chi connectivity index (χ0v) is 27.6. The molecule has 1 aromatic carbocycles. The molecule has 1 saturated heterocycles. The highest BCUT2D eigenvalue weighted by molar-refractivity contribution is 5.94. The maximum atomic E-state index is 15.2. The molecule has 3 N–H and O–H groups in total. The van der Waals surface area contributed by atoms with E-state index < -0.39 is 35.2 Å². The third kappa shape index (κ3) is 5.10. The van der Waals surface area contributed by atoms with E-state index in [4.69, 9.17) is 14.5 Å². The number of pyridine rings is 2. The van der Waals surface area contributed by atoms with Gasteiger partial charge in [-0.3, -0.25) is 14.4 Å². The smallest absolute Gasteiger partial charge is 0.343 e. The number of hydrogen-bond donors (Lipinski definition) is 3. The number of amides is 2. The third-order valence-corrected chi connectivity index (χ3v) is 10.3. The van der Waals surface area contributed by atoms with Gasteiger partial charge in [0.1, 0.15) is 25.3 Å². The molecule has 3 aromatic rings. The van der Waals surface area contributed by atoms with E-state index in [0.29, 0.717) is 48.3 Å². The predicted octanol–water partition coefficient (Wildman–Crippen LogP) is 2.59. The zero-order chi connectivity index (χ0) is 34.1. The number of carbonyl (C=O) groups excluding carboxylic acids is 3. The number of aliphatic hydroxyl groups is 1. The van der Waals surface area contributed by atoms with Crippen LogP contribution in [0.3, 0.4) is 0 Å². The SMILES string of the molecule is CC[C@@]1(O)C(=O)OCc2c1cc1n(c2=O)Cc2c-1nc1cc(F)c(C)c3c1c2[C@@H](NC(=O)COC1CCCN1C(=O)CNC(C)C)CC3.